The lowest BCUT2D eigenvalue weighted by Gasteiger charge is -2.32. The predicted octanol–water partition coefficient (Wildman–Crippen LogP) is 2.73. The van der Waals surface area contributed by atoms with E-state index >= 15 is 0 Å². The highest BCUT2D eigenvalue weighted by molar-refractivity contribution is 5.54. The lowest BCUT2D eigenvalue weighted by molar-refractivity contribution is 0.0873. The van der Waals surface area contributed by atoms with Crippen molar-refractivity contribution < 1.29 is 10.2 Å². The van der Waals surface area contributed by atoms with Crippen molar-refractivity contribution in [3.63, 3.8) is 0 Å². The molecule has 0 aliphatic carbocycles. The molecule has 1 rings (SSSR count). The van der Waals surface area contributed by atoms with Crippen LogP contribution in [0.5, 0.6) is 0 Å². The molecular weight excluding hydrogens is 226 g/mol. The molecule has 0 bridgehead atoms. The molecule has 0 radical (unpaired) electrons. The minimum absolute atomic E-state index is 0.447. The van der Waals surface area contributed by atoms with E-state index in [1.807, 2.05) is 31.2 Å². The van der Waals surface area contributed by atoms with Crippen LogP contribution in [0.3, 0.4) is 0 Å². The van der Waals surface area contributed by atoms with E-state index < -0.39 is 11.7 Å². The molecule has 0 aliphatic rings. The van der Waals surface area contributed by atoms with Crippen molar-refractivity contribution in [2.24, 2.45) is 0 Å². The van der Waals surface area contributed by atoms with Crippen molar-refractivity contribution in [1.82, 2.24) is 0 Å². The Morgan fingerprint density at radius 3 is 2.33 bits per heavy atom. The first-order valence-corrected chi connectivity index (χ1v) is 6.63. The summed E-state index contributed by atoms with van der Waals surface area (Å²) in [5.74, 6) is 0. The largest absolute Gasteiger partial charge is 0.389 e. The zero-order valence-corrected chi connectivity index (χ0v) is 11.8. The first-order valence-electron chi connectivity index (χ1n) is 6.63. The van der Waals surface area contributed by atoms with Crippen LogP contribution in [0, 0.1) is 0 Å². The third-order valence-corrected chi connectivity index (χ3v) is 2.98. The van der Waals surface area contributed by atoms with Crippen molar-refractivity contribution >= 4 is 5.69 Å². The summed E-state index contributed by atoms with van der Waals surface area (Å²) in [6.07, 6.45) is 0.244. The van der Waals surface area contributed by atoms with E-state index in [1.165, 1.54) is 0 Å². The summed E-state index contributed by atoms with van der Waals surface area (Å²) in [6, 6.07) is 7.86. The molecule has 102 valence electrons. The zero-order valence-electron chi connectivity index (χ0n) is 11.8. The number of hydrogen-bond donors (Lipinski definition) is 2. The molecule has 0 saturated carbocycles. The third kappa shape index (κ3) is 4.00. The van der Waals surface area contributed by atoms with E-state index in [9.17, 15) is 10.2 Å². The Hall–Kier alpha value is -1.06. The highest BCUT2D eigenvalue weighted by Gasteiger charge is 2.20. The average molecular weight is 251 g/mol. The molecule has 2 N–H and O–H groups in total. The highest BCUT2D eigenvalue weighted by atomic mass is 16.3. The summed E-state index contributed by atoms with van der Waals surface area (Å²) in [5, 5.41) is 20.0. The van der Waals surface area contributed by atoms with Crippen LogP contribution in [0.1, 0.15) is 45.8 Å². The number of aliphatic hydroxyl groups excluding tert-OH is 1. The number of hydrogen-bond acceptors (Lipinski definition) is 3. The number of rotatable bonds is 6. The van der Waals surface area contributed by atoms with Gasteiger partial charge < -0.3 is 15.1 Å². The van der Waals surface area contributed by atoms with Crippen molar-refractivity contribution in [3.05, 3.63) is 29.8 Å². The Morgan fingerprint density at radius 1 is 1.22 bits per heavy atom. The summed E-state index contributed by atoms with van der Waals surface area (Å²) >= 11 is 0. The van der Waals surface area contributed by atoms with E-state index in [-0.39, 0.29) is 0 Å². The van der Waals surface area contributed by atoms with E-state index in [2.05, 4.69) is 11.8 Å². The van der Waals surface area contributed by atoms with Gasteiger partial charge in [-0.15, -0.1) is 0 Å². The maximum atomic E-state index is 10.1. The van der Waals surface area contributed by atoms with Crippen molar-refractivity contribution in [1.29, 1.82) is 0 Å². The monoisotopic (exact) mass is 251 g/mol. The summed E-state index contributed by atoms with van der Waals surface area (Å²) in [4.78, 5) is 2.11. The van der Waals surface area contributed by atoms with Crippen molar-refractivity contribution in [3.8, 4) is 0 Å². The van der Waals surface area contributed by atoms with Gasteiger partial charge in [-0.25, -0.2) is 0 Å². The van der Waals surface area contributed by atoms with Gasteiger partial charge in [-0.05, 0) is 33.3 Å². The maximum Gasteiger partial charge on any atom is 0.0807 e. The van der Waals surface area contributed by atoms with Gasteiger partial charge in [-0.3, -0.25) is 0 Å². The van der Waals surface area contributed by atoms with Gasteiger partial charge in [-0.1, -0.05) is 25.1 Å². The Morgan fingerprint density at radius 2 is 1.83 bits per heavy atom. The number of benzene rings is 1. The average Bonchev–Trinajstić information content (AvgIpc) is 2.34. The molecule has 0 amide bonds. The first kappa shape index (κ1) is 15.0. The van der Waals surface area contributed by atoms with Crippen LogP contribution >= 0.6 is 0 Å². The van der Waals surface area contributed by atoms with E-state index in [4.69, 9.17) is 0 Å². The molecule has 0 heterocycles. The van der Waals surface area contributed by atoms with Crippen LogP contribution in [-0.2, 0) is 0 Å². The SMILES string of the molecule is CC[C@@H](O)c1ccccc1N(CC)CC(C)(C)O. The molecule has 0 unspecified atom stereocenters. The molecular formula is C15H25NO2. The minimum Gasteiger partial charge on any atom is -0.389 e. The summed E-state index contributed by atoms with van der Waals surface area (Å²) in [7, 11) is 0. The van der Waals surface area contributed by atoms with Gasteiger partial charge in [0.15, 0.2) is 0 Å². The molecule has 0 saturated heterocycles. The molecule has 0 aromatic heterocycles. The Bertz CT molecular complexity index is 371. The molecule has 0 spiro atoms. The molecule has 1 atom stereocenters. The van der Waals surface area contributed by atoms with E-state index in [0.717, 1.165) is 17.8 Å². The standard InChI is InChI=1S/C15H25NO2/c1-5-14(17)12-9-7-8-10-13(12)16(6-2)11-15(3,4)18/h7-10,14,17-18H,5-6,11H2,1-4H3/t14-/m1/s1. The van der Waals surface area contributed by atoms with Crippen LogP contribution in [0.15, 0.2) is 24.3 Å². The molecule has 0 aliphatic heterocycles. The fourth-order valence-electron chi connectivity index (χ4n) is 2.11. The maximum absolute atomic E-state index is 10.1. The van der Waals surface area contributed by atoms with Crippen LogP contribution in [0.2, 0.25) is 0 Å². The molecule has 3 heteroatoms. The quantitative estimate of drug-likeness (QED) is 0.817. The number of nitrogens with zero attached hydrogens (tertiary/aromatic N) is 1. The van der Waals surface area contributed by atoms with Gasteiger partial charge in [0, 0.05) is 24.3 Å². The molecule has 18 heavy (non-hydrogen) atoms. The highest BCUT2D eigenvalue weighted by Crippen LogP contribution is 2.28. The smallest absolute Gasteiger partial charge is 0.0807 e. The van der Waals surface area contributed by atoms with Gasteiger partial charge in [0.05, 0.1) is 11.7 Å². The van der Waals surface area contributed by atoms with Crippen LogP contribution < -0.4 is 4.90 Å². The third-order valence-electron chi connectivity index (χ3n) is 2.98. The Labute approximate surface area is 110 Å². The summed E-state index contributed by atoms with van der Waals surface area (Å²) in [6.45, 7) is 8.98. The lowest BCUT2D eigenvalue weighted by Crippen LogP contribution is -2.39. The molecule has 3 nitrogen and oxygen atoms in total. The summed E-state index contributed by atoms with van der Waals surface area (Å²) < 4.78 is 0. The number of anilines is 1. The zero-order chi connectivity index (χ0) is 13.8. The lowest BCUT2D eigenvalue weighted by atomic mass is 10.0. The van der Waals surface area contributed by atoms with Crippen LogP contribution in [-0.4, -0.2) is 28.9 Å². The second-order valence-corrected chi connectivity index (χ2v) is 5.31. The van der Waals surface area contributed by atoms with Gasteiger partial charge in [0.1, 0.15) is 0 Å². The minimum atomic E-state index is -0.750. The molecule has 1 aromatic rings. The fourth-order valence-corrected chi connectivity index (χ4v) is 2.11. The van der Waals surface area contributed by atoms with E-state index in [0.29, 0.717) is 13.0 Å². The number of para-hydroxylation sites is 1. The second-order valence-electron chi connectivity index (χ2n) is 5.31. The van der Waals surface area contributed by atoms with Crippen LogP contribution in [0.25, 0.3) is 0 Å². The van der Waals surface area contributed by atoms with E-state index in [1.54, 1.807) is 13.8 Å². The van der Waals surface area contributed by atoms with Gasteiger partial charge >= 0.3 is 0 Å². The predicted molar refractivity (Wildman–Crippen MR) is 75.9 cm³/mol. The second kappa shape index (κ2) is 6.21. The number of likely N-dealkylation sites (N-methyl/N-ethyl adjacent to an activating group) is 1. The topological polar surface area (TPSA) is 43.7 Å². The number of aliphatic hydroxyl groups is 2. The molecule has 1 aromatic carbocycles. The van der Waals surface area contributed by atoms with Gasteiger partial charge in [-0.2, -0.15) is 0 Å². The first-order chi connectivity index (χ1) is 8.39. The van der Waals surface area contributed by atoms with Gasteiger partial charge in [0.2, 0.25) is 0 Å². The summed E-state index contributed by atoms with van der Waals surface area (Å²) in [5.41, 5.74) is 1.20. The normalized spacial score (nSPS) is 13.4. The Balaban J connectivity index is 3.05. The van der Waals surface area contributed by atoms with Crippen molar-refractivity contribution in [2.45, 2.75) is 45.8 Å². The van der Waals surface area contributed by atoms with Gasteiger partial charge in [0.25, 0.3) is 0 Å². The van der Waals surface area contributed by atoms with Crippen molar-refractivity contribution in [2.75, 3.05) is 18.0 Å². The Kier molecular flexibility index (Phi) is 5.17. The van der Waals surface area contributed by atoms with Crippen LogP contribution in [0.4, 0.5) is 5.69 Å². The molecule has 0 fully saturated rings. The fraction of sp³-hybridized carbons (Fsp3) is 0.600.